The molecule has 1 amide bonds. The molecule has 5 heteroatoms. The molecular formula is C20H27N3O2. The molecule has 0 N–H and O–H groups in total. The van der Waals surface area contributed by atoms with Crippen molar-refractivity contribution in [1.82, 2.24) is 9.80 Å². The van der Waals surface area contributed by atoms with E-state index in [-0.39, 0.29) is 5.91 Å². The van der Waals surface area contributed by atoms with Crippen molar-refractivity contribution in [3.63, 3.8) is 0 Å². The summed E-state index contributed by atoms with van der Waals surface area (Å²) in [6, 6.07) is 12.5. The first-order valence-electron chi connectivity index (χ1n) is 8.84. The molecule has 1 aromatic heterocycles. The SMILES string of the molecule is Cc1cccc(N2CCN(C(=O)CN(C)Cc3ccc(C)o3)CC2)c1. The van der Waals surface area contributed by atoms with Crippen LogP contribution in [0, 0.1) is 13.8 Å². The van der Waals surface area contributed by atoms with Crippen LogP contribution in [0.5, 0.6) is 0 Å². The van der Waals surface area contributed by atoms with Gasteiger partial charge in [-0.15, -0.1) is 0 Å². The Morgan fingerprint density at radius 3 is 2.52 bits per heavy atom. The molecule has 0 unspecified atom stereocenters. The Bertz CT molecular complexity index is 717. The van der Waals surface area contributed by atoms with Crippen molar-refractivity contribution >= 4 is 11.6 Å². The van der Waals surface area contributed by atoms with E-state index in [1.54, 1.807) is 0 Å². The number of amides is 1. The monoisotopic (exact) mass is 341 g/mol. The zero-order valence-corrected chi connectivity index (χ0v) is 15.4. The summed E-state index contributed by atoms with van der Waals surface area (Å²) in [6.45, 7) is 8.45. The van der Waals surface area contributed by atoms with Crippen molar-refractivity contribution in [1.29, 1.82) is 0 Å². The Labute approximate surface area is 149 Å². The van der Waals surface area contributed by atoms with E-state index in [0.29, 0.717) is 13.1 Å². The average Bonchev–Trinajstić information content (AvgIpc) is 2.99. The molecular weight excluding hydrogens is 314 g/mol. The summed E-state index contributed by atoms with van der Waals surface area (Å²) in [7, 11) is 1.96. The highest BCUT2D eigenvalue weighted by Crippen LogP contribution is 2.18. The molecule has 134 valence electrons. The molecule has 1 fully saturated rings. The van der Waals surface area contributed by atoms with Gasteiger partial charge in [0.1, 0.15) is 11.5 Å². The van der Waals surface area contributed by atoms with Crippen molar-refractivity contribution in [3.05, 3.63) is 53.5 Å². The molecule has 0 aliphatic carbocycles. The maximum absolute atomic E-state index is 12.5. The van der Waals surface area contributed by atoms with Gasteiger partial charge in [-0.2, -0.15) is 0 Å². The Balaban J connectivity index is 1.48. The molecule has 1 aliphatic heterocycles. The summed E-state index contributed by atoms with van der Waals surface area (Å²) in [5.41, 5.74) is 2.52. The first-order chi connectivity index (χ1) is 12.0. The molecule has 2 heterocycles. The first-order valence-corrected chi connectivity index (χ1v) is 8.84. The molecule has 0 atom stereocenters. The quantitative estimate of drug-likeness (QED) is 0.838. The first kappa shape index (κ1) is 17.5. The molecule has 5 nitrogen and oxygen atoms in total. The lowest BCUT2D eigenvalue weighted by molar-refractivity contribution is -0.132. The Morgan fingerprint density at radius 1 is 1.12 bits per heavy atom. The Hall–Kier alpha value is -2.27. The molecule has 3 rings (SSSR count). The lowest BCUT2D eigenvalue weighted by Gasteiger charge is -2.36. The number of carbonyl (C=O) groups is 1. The van der Waals surface area contributed by atoms with Crippen molar-refractivity contribution in [2.75, 3.05) is 44.7 Å². The van der Waals surface area contributed by atoms with Crippen LogP contribution in [-0.4, -0.2) is 55.5 Å². The Morgan fingerprint density at radius 2 is 1.88 bits per heavy atom. The zero-order valence-electron chi connectivity index (χ0n) is 15.4. The smallest absolute Gasteiger partial charge is 0.236 e. The molecule has 0 saturated carbocycles. The van der Waals surface area contributed by atoms with E-state index in [9.17, 15) is 4.79 Å². The predicted octanol–water partition coefficient (Wildman–Crippen LogP) is 2.68. The maximum atomic E-state index is 12.5. The lowest BCUT2D eigenvalue weighted by atomic mass is 10.2. The van der Waals surface area contributed by atoms with Crippen LogP contribution >= 0.6 is 0 Å². The van der Waals surface area contributed by atoms with E-state index in [1.165, 1.54) is 11.3 Å². The fourth-order valence-corrected chi connectivity index (χ4v) is 3.26. The van der Waals surface area contributed by atoms with Gasteiger partial charge in [0.2, 0.25) is 5.91 Å². The number of hydrogen-bond acceptors (Lipinski definition) is 4. The van der Waals surface area contributed by atoms with Crippen LogP contribution in [0.3, 0.4) is 0 Å². The minimum absolute atomic E-state index is 0.190. The summed E-state index contributed by atoms with van der Waals surface area (Å²) in [4.78, 5) is 18.9. The van der Waals surface area contributed by atoms with Gasteiger partial charge < -0.3 is 14.2 Å². The number of nitrogens with zero attached hydrogens (tertiary/aromatic N) is 3. The number of carbonyl (C=O) groups excluding carboxylic acids is 1. The van der Waals surface area contributed by atoms with Crippen molar-refractivity contribution in [3.8, 4) is 0 Å². The van der Waals surface area contributed by atoms with E-state index >= 15 is 0 Å². The van der Waals surface area contributed by atoms with Gasteiger partial charge in [-0.05, 0) is 50.7 Å². The minimum Gasteiger partial charge on any atom is -0.465 e. The van der Waals surface area contributed by atoms with E-state index in [0.717, 1.165) is 37.7 Å². The number of likely N-dealkylation sites (N-methyl/N-ethyl adjacent to an activating group) is 1. The second-order valence-corrected chi connectivity index (χ2v) is 6.89. The van der Waals surface area contributed by atoms with Crippen molar-refractivity contribution < 1.29 is 9.21 Å². The van der Waals surface area contributed by atoms with E-state index < -0.39 is 0 Å². The standard InChI is InChI=1S/C20H27N3O2/c1-16-5-4-6-18(13-16)22-9-11-23(12-10-22)20(24)15-21(3)14-19-8-7-17(2)25-19/h4-8,13H,9-12,14-15H2,1-3H3. The molecule has 1 aromatic carbocycles. The van der Waals surface area contributed by atoms with Gasteiger partial charge in [0.05, 0.1) is 13.1 Å². The number of furan rings is 1. The van der Waals surface area contributed by atoms with Gasteiger partial charge in [0.15, 0.2) is 0 Å². The van der Waals surface area contributed by atoms with Gasteiger partial charge in [-0.25, -0.2) is 0 Å². The highest BCUT2D eigenvalue weighted by atomic mass is 16.3. The van der Waals surface area contributed by atoms with E-state index in [4.69, 9.17) is 4.42 Å². The van der Waals surface area contributed by atoms with Crippen LogP contribution < -0.4 is 4.90 Å². The summed E-state index contributed by atoms with van der Waals surface area (Å²) in [6.07, 6.45) is 0. The van der Waals surface area contributed by atoms with Gasteiger partial charge in [-0.3, -0.25) is 9.69 Å². The molecule has 1 saturated heterocycles. The topological polar surface area (TPSA) is 39.9 Å². The molecule has 2 aromatic rings. The molecule has 0 bridgehead atoms. The third kappa shape index (κ3) is 4.63. The number of piperazine rings is 1. The second kappa shape index (κ2) is 7.74. The van der Waals surface area contributed by atoms with E-state index in [2.05, 4.69) is 36.1 Å². The van der Waals surface area contributed by atoms with Gasteiger partial charge >= 0.3 is 0 Å². The number of hydrogen-bond donors (Lipinski definition) is 0. The highest BCUT2D eigenvalue weighted by molar-refractivity contribution is 5.78. The predicted molar refractivity (Wildman–Crippen MR) is 99.8 cm³/mol. The van der Waals surface area contributed by atoms with Crippen molar-refractivity contribution in [2.24, 2.45) is 0 Å². The highest BCUT2D eigenvalue weighted by Gasteiger charge is 2.22. The fraction of sp³-hybridized carbons (Fsp3) is 0.450. The van der Waals surface area contributed by atoms with Crippen LogP contribution in [0.4, 0.5) is 5.69 Å². The van der Waals surface area contributed by atoms with Crippen molar-refractivity contribution in [2.45, 2.75) is 20.4 Å². The van der Waals surface area contributed by atoms with Crippen LogP contribution in [-0.2, 0) is 11.3 Å². The van der Waals surface area contributed by atoms with Gasteiger partial charge in [0, 0.05) is 31.9 Å². The molecule has 0 radical (unpaired) electrons. The van der Waals surface area contributed by atoms with Crippen LogP contribution in [0.2, 0.25) is 0 Å². The van der Waals surface area contributed by atoms with Crippen LogP contribution in [0.1, 0.15) is 17.1 Å². The van der Waals surface area contributed by atoms with Crippen LogP contribution in [0.15, 0.2) is 40.8 Å². The third-order valence-electron chi connectivity index (χ3n) is 4.63. The van der Waals surface area contributed by atoms with Gasteiger partial charge in [-0.1, -0.05) is 12.1 Å². The molecule has 25 heavy (non-hydrogen) atoms. The minimum atomic E-state index is 0.190. The summed E-state index contributed by atoms with van der Waals surface area (Å²) >= 11 is 0. The molecule has 0 spiro atoms. The summed E-state index contributed by atoms with van der Waals surface area (Å²) in [5, 5.41) is 0. The maximum Gasteiger partial charge on any atom is 0.236 e. The largest absolute Gasteiger partial charge is 0.465 e. The van der Waals surface area contributed by atoms with Crippen LogP contribution in [0.25, 0.3) is 0 Å². The fourth-order valence-electron chi connectivity index (χ4n) is 3.26. The Kier molecular flexibility index (Phi) is 5.43. The molecule has 1 aliphatic rings. The van der Waals surface area contributed by atoms with Gasteiger partial charge in [0.25, 0.3) is 0 Å². The summed E-state index contributed by atoms with van der Waals surface area (Å²) in [5.74, 6) is 1.99. The normalized spacial score (nSPS) is 15.0. The number of anilines is 1. The average molecular weight is 341 g/mol. The lowest BCUT2D eigenvalue weighted by Crippen LogP contribution is -2.51. The number of rotatable bonds is 5. The summed E-state index contributed by atoms with van der Waals surface area (Å²) < 4.78 is 5.58. The zero-order chi connectivity index (χ0) is 17.8. The number of aryl methyl sites for hydroxylation is 2. The number of benzene rings is 1. The van der Waals surface area contributed by atoms with E-state index in [1.807, 2.05) is 35.9 Å². The second-order valence-electron chi connectivity index (χ2n) is 6.89. The third-order valence-corrected chi connectivity index (χ3v) is 4.63.